The zero-order valence-corrected chi connectivity index (χ0v) is 9.54. The molecule has 0 saturated carbocycles. The number of aromatic nitrogens is 2. The van der Waals surface area contributed by atoms with E-state index in [0.717, 1.165) is 5.76 Å². The lowest BCUT2D eigenvalue weighted by atomic mass is 10.3. The summed E-state index contributed by atoms with van der Waals surface area (Å²) in [5.41, 5.74) is 0.356. The molecule has 0 N–H and O–H groups in total. The smallest absolute Gasteiger partial charge is 0.273 e. The lowest BCUT2D eigenvalue weighted by Gasteiger charge is -2.15. The number of carbonyl (C=O) groups is 1. The molecular weight excluding hydrogens is 218 g/mol. The summed E-state index contributed by atoms with van der Waals surface area (Å²) >= 11 is 0. The Labute approximate surface area is 99.1 Å². The van der Waals surface area contributed by atoms with Crippen molar-refractivity contribution in [3.05, 3.63) is 48.4 Å². The fourth-order valence-electron chi connectivity index (χ4n) is 1.44. The normalized spacial score (nSPS) is 10.2. The topological polar surface area (TPSA) is 59.2 Å². The zero-order chi connectivity index (χ0) is 12.1. The van der Waals surface area contributed by atoms with Crippen LogP contribution in [0.25, 0.3) is 0 Å². The molecule has 2 heterocycles. The van der Waals surface area contributed by atoms with Crippen molar-refractivity contribution in [2.45, 2.75) is 6.42 Å². The molecule has 0 aliphatic heterocycles. The van der Waals surface area contributed by atoms with Crippen LogP contribution in [-0.2, 0) is 6.42 Å². The Bertz CT molecular complexity index is 468. The molecule has 0 atom stereocenters. The number of amides is 1. The molecule has 1 amide bonds. The highest BCUT2D eigenvalue weighted by molar-refractivity contribution is 5.91. The molecule has 2 rings (SSSR count). The van der Waals surface area contributed by atoms with Gasteiger partial charge in [0.1, 0.15) is 11.5 Å². The molecule has 2 aromatic rings. The lowest BCUT2D eigenvalue weighted by Crippen LogP contribution is -2.29. The molecule has 0 fully saturated rings. The van der Waals surface area contributed by atoms with Gasteiger partial charge in [0.05, 0.1) is 12.5 Å². The third-order valence-electron chi connectivity index (χ3n) is 2.40. The maximum Gasteiger partial charge on any atom is 0.273 e. The number of rotatable bonds is 4. The molecule has 5 nitrogen and oxygen atoms in total. The van der Waals surface area contributed by atoms with Gasteiger partial charge in [0, 0.05) is 32.4 Å². The Morgan fingerprint density at radius 3 is 3.00 bits per heavy atom. The van der Waals surface area contributed by atoms with E-state index in [1.165, 1.54) is 12.4 Å². The van der Waals surface area contributed by atoms with Gasteiger partial charge in [-0.1, -0.05) is 0 Å². The molecule has 2 aromatic heterocycles. The number of carbonyl (C=O) groups excluding carboxylic acids is 1. The van der Waals surface area contributed by atoms with Gasteiger partial charge in [0.15, 0.2) is 0 Å². The average molecular weight is 231 g/mol. The number of hydrogen-bond donors (Lipinski definition) is 0. The first-order valence-corrected chi connectivity index (χ1v) is 5.31. The quantitative estimate of drug-likeness (QED) is 0.797. The number of furan rings is 1. The van der Waals surface area contributed by atoms with Crippen molar-refractivity contribution in [2.24, 2.45) is 0 Å². The third-order valence-corrected chi connectivity index (χ3v) is 2.40. The second kappa shape index (κ2) is 5.25. The van der Waals surface area contributed by atoms with Crippen LogP contribution in [0.5, 0.6) is 0 Å². The number of hydrogen-bond acceptors (Lipinski definition) is 4. The minimum Gasteiger partial charge on any atom is -0.469 e. The predicted octanol–water partition coefficient (Wildman–Crippen LogP) is 1.38. The van der Waals surface area contributed by atoms with Crippen LogP contribution in [0.1, 0.15) is 16.2 Å². The van der Waals surface area contributed by atoms with E-state index in [2.05, 4.69) is 9.97 Å². The van der Waals surface area contributed by atoms with E-state index >= 15 is 0 Å². The molecule has 88 valence electrons. The minimum atomic E-state index is -0.135. The average Bonchev–Trinajstić information content (AvgIpc) is 2.89. The minimum absolute atomic E-state index is 0.135. The second-order valence-electron chi connectivity index (χ2n) is 3.65. The molecular formula is C12H13N3O2. The maximum absolute atomic E-state index is 11.9. The summed E-state index contributed by atoms with van der Waals surface area (Å²) in [6, 6.07) is 3.72. The Hall–Kier alpha value is -2.17. The van der Waals surface area contributed by atoms with Crippen molar-refractivity contribution in [3.8, 4) is 0 Å². The van der Waals surface area contributed by atoms with Crippen molar-refractivity contribution in [1.82, 2.24) is 14.9 Å². The Morgan fingerprint density at radius 2 is 2.35 bits per heavy atom. The van der Waals surface area contributed by atoms with Gasteiger partial charge in [0.25, 0.3) is 5.91 Å². The molecule has 0 spiro atoms. The summed E-state index contributed by atoms with van der Waals surface area (Å²) in [6.45, 7) is 0.586. The zero-order valence-electron chi connectivity index (χ0n) is 9.54. The molecule has 0 saturated heterocycles. The van der Waals surface area contributed by atoms with Crippen LogP contribution in [0.2, 0.25) is 0 Å². The molecule has 0 aromatic carbocycles. The van der Waals surface area contributed by atoms with Crippen LogP contribution in [0.3, 0.4) is 0 Å². The highest BCUT2D eigenvalue weighted by Gasteiger charge is 2.13. The summed E-state index contributed by atoms with van der Waals surface area (Å²) < 4.78 is 5.20. The molecule has 0 aliphatic carbocycles. The Balaban J connectivity index is 1.92. The molecule has 5 heteroatoms. The standard InChI is InChI=1S/C12H13N3O2/c1-15(7-4-10-3-2-8-17-10)12(16)11-9-13-5-6-14-11/h2-3,5-6,8-9H,4,7H2,1H3. The predicted molar refractivity (Wildman–Crippen MR) is 61.4 cm³/mol. The Morgan fingerprint density at radius 1 is 1.47 bits per heavy atom. The number of likely N-dealkylation sites (N-methyl/N-ethyl adjacent to an activating group) is 1. The summed E-state index contributed by atoms with van der Waals surface area (Å²) in [5.74, 6) is 0.730. The lowest BCUT2D eigenvalue weighted by molar-refractivity contribution is 0.0789. The van der Waals surface area contributed by atoms with Gasteiger partial charge in [-0.3, -0.25) is 9.78 Å². The van der Waals surface area contributed by atoms with Gasteiger partial charge < -0.3 is 9.32 Å². The summed E-state index contributed by atoms with van der Waals surface area (Å²) in [6.07, 6.45) is 6.83. The first kappa shape index (κ1) is 11.3. The molecule has 0 aliphatic rings. The van der Waals surface area contributed by atoms with Crippen LogP contribution in [0.4, 0.5) is 0 Å². The fourth-order valence-corrected chi connectivity index (χ4v) is 1.44. The van der Waals surface area contributed by atoms with Crippen molar-refractivity contribution in [3.63, 3.8) is 0 Å². The highest BCUT2D eigenvalue weighted by Crippen LogP contribution is 2.03. The van der Waals surface area contributed by atoms with Crippen molar-refractivity contribution >= 4 is 5.91 Å². The van der Waals surface area contributed by atoms with Gasteiger partial charge in [-0.2, -0.15) is 0 Å². The monoisotopic (exact) mass is 231 g/mol. The van der Waals surface area contributed by atoms with E-state index < -0.39 is 0 Å². The van der Waals surface area contributed by atoms with Crippen LogP contribution < -0.4 is 0 Å². The van der Waals surface area contributed by atoms with Crippen LogP contribution >= 0.6 is 0 Å². The van der Waals surface area contributed by atoms with Crippen LogP contribution in [-0.4, -0.2) is 34.4 Å². The Kier molecular flexibility index (Phi) is 3.49. The maximum atomic E-state index is 11.9. The van der Waals surface area contributed by atoms with Crippen LogP contribution in [0, 0.1) is 0 Å². The van der Waals surface area contributed by atoms with Gasteiger partial charge in [-0.05, 0) is 12.1 Å². The van der Waals surface area contributed by atoms with E-state index in [4.69, 9.17) is 4.42 Å². The second-order valence-corrected chi connectivity index (χ2v) is 3.65. The van der Waals surface area contributed by atoms with E-state index in [1.807, 2.05) is 12.1 Å². The fraction of sp³-hybridized carbons (Fsp3) is 0.250. The highest BCUT2D eigenvalue weighted by atomic mass is 16.3. The van der Waals surface area contributed by atoms with Gasteiger partial charge in [0.2, 0.25) is 0 Å². The summed E-state index contributed by atoms with van der Waals surface area (Å²) in [7, 11) is 1.74. The summed E-state index contributed by atoms with van der Waals surface area (Å²) in [5, 5.41) is 0. The van der Waals surface area contributed by atoms with Crippen molar-refractivity contribution in [1.29, 1.82) is 0 Å². The molecule has 0 bridgehead atoms. The third kappa shape index (κ3) is 2.90. The first-order chi connectivity index (χ1) is 8.27. The van der Waals surface area contributed by atoms with Crippen molar-refractivity contribution in [2.75, 3.05) is 13.6 Å². The molecule has 17 heavy (non-hydrogen) atoms. The van der Waals surface area contributed by atoms with Gasteiger partial charge >= 0.3 is 0 Å². The SMILES string of the molecule is CN(CCc1ccco1)C(=O)c1cnccn1. The van der Waals surface area contributed by atoms with E-state index in [1.54, 1.807) is 24.4 Å². The van der Waals surface area contributed by atoms with Crippen LogP contribution in [0.15, 0.2) is 41.4 Å². The van der Waals surface area contributed by atoms with Gasteiger partial charge in [-0.15, -0.1) is 0 Å². The van der Waals surface area contributed by atoms with E-state index in [0.29, 0.717) is 18.7 Å². The molecule has 0 unspecified atom stereocenters. The summed E-state index contributed by atoms with van der Waals surface area (Å²) in [4.78, 5) is 21.3. The number of nitrogens with zero attached hydrogens (tertiary/aromatic N) is 3. The van der Waals surface area contributed by atoms with Crippen molar-refractivity contribution < 1.29 is 9.21 Å². The largest absolute Gasteiger partial charge is 0.469 e. The first-order valence-electron chi connectivity index (χ1n) is 5.31. The van der Waals surface area contributed by atoms with Gasteiger partial charge in [-0.25, -0.2) is 4.98 Å². The molecule has 0 radical (unpaired) electrons. The van der Waals surface area contributed by atoms with E-state index in [9.17, 15) is 4.79 Å². The van der Waals surface area contributed by atoms with E-state index in [-0.39, 0.29) is 5.91 Å².